The van der Waals surface area contributed by atoms with Crippen molar-refractivity contribution < 1.29 is 9.47 Å². The molecule has 1 aromatic rings. The number of piperazine rings is 1. The van der Waals surface area contributed by atoms with Crippen molar-refractivity contribution in [2.45, 2.75) is 33.4 Å². The van der Waals surface area contributed by atoms with Gasteiger partial charge in [0.05, 0.1) is 20.8 Å². The minimum absolute atomic E-state index is 0. The predicted octanol–water partition coefficient (Wildman–Crippen LogP) is 2.65. The molecular weight excluding hydrogens is 493 g/mol. The number of rotatable bonds is 9. The van der Waals surface area contributed by atoms with E-state index in [9.17, 15) is 0 Å². The van der Waals surface area contributed by atoms with Crippen molar-refractivity contribution in [3.63, 3.8) is 0 Å². The van der Waals surface area contributed by atoms with Crippen LogP contribution in [-0.4, -0.2) is 82.3 Å². The average molecular weight is 533 g/mol. The molecule has 0 amide bonds. The molecule has 1 fully saturated rings. The van der Waals surface area contributed by atoms with Crippen molar-refractivity contribution in [3.05, 3.63) is 23.8 Å². The van der Waals surface area contributed by atoms with Crippen molar-refractivity contribution >= 4 is 29.9 Å². The molecule has 1 unspecified atom stereocenters. The largest absolute Gasteiger partial charge is 0.497 e. The maximum absolute atomic E-state index is 5.50. The van der Waals surface area contributed by atoms with E-state index in [-0.39, 0.29) is 24.0 Å². The van der Waals surface area contributed by atoms with Gasteiger partial charge < -0.3 is 25.0 Å². The lowest BCUT2D eigenvalue weighted by Gasteiger charge is -2.40. The Morgan fingerprint density at radius 3 is 2.37 bits per heavy atom. The lowest BCUT2D eigenvalue weighted by Crippen LogP contribution is -2.55. The van der Waals surface area contributed by atoms with Crippen LogP contribution in [0.4, 0.5) is 0 Å². The third-order valence-electron chi connectivity index (χ3n) is 5.50. The number of hydrogen-bond acceptors (Lipinski definition) is 5. The van der Waals surface area contributed by atoms with Gasteiger partial charge in [0.2, 0.25) is 0 Å². The zero-order valence-corrected chi connectivity index (χ0v) is 21.7. The first-order chi connectivity index (χ1) is 14.0. The van der Waals surface area contributed by atoms with Gasteiger partial charge in [-0.25, -0.2) is 4.99 Å². The minimum atomic E-state index is 0. The second-order valence-corrected chi connectivity index (χ2v) is 7.90. The van der Waals surface area contributed by atoms with Crippen LogP contribution in [-0.2, 0) is 6.54 Å². The second-order valence-electron chi connectivity index (χ2n) is 7.90. The Bertz CT molecular complexity index is 648. The Morgan fingerprint density at radius 2 is 1.80 bits per heavy atom. The number of methoxy groups -OCH3 is 2. The standard InChI is InChI=1S/C22H39N5O2.HI/c1-7-23-22(24-15-18-8-9-19(28-5)14-21(18)29-6)25-16-20(17(2)3)27-12-10-26(4)11-13-27;/h8-9,14,17,20H,7,10-13,15-16H2,1-6H3,(H2,23,24,25);1H. The number of guanidine groups is 1. The number of nitrogens with one attached hydrogen (secondary N) is 2. The van der Waals surface area contributed by atoms with Crippen LogP contribution in [0, 0.1) is 5.92 Å². The molecule has 1 heterocycles. The van der Waals surface area contributed by atoms with Gasteiger partial charge in [-0.3, -0.25) is 4.90 Å². The van der Waals surface area contributed by atoms with Crippen LogP contribution in [0.2, 0.25) is 0 Å². The Hall–Kier alpha value is -1.26. The molecule has 0 aromatic heterocycles. The van der Waals surface area contributed by atoms with E-state index in [1.807, 2.05) is 18.2 Å². The Balaban J connectivity index is 0.00000450. The molecule has 1 aliphatic rings. The number of hydrogen-bond donors (Lipinski definition) is 2. The summed E-state index contributed by atoms with van der Waals surface area (Å²) in [6.45, 7) is 13.5. The summed E-state index contributed by atoms with van der Waals surface area (Å²) in [5, 5.41) is 6.92. The van der Waals surface area contributed by atoms with Gasteiger partial charge >= 0.3 is 0 Å². The molecule has 8 heteroatoms. The van der Waals surface area contributed by atoms with Crippen LogP contribution < -0.4 is 20.1 Å². The second kappa shape index (κ2) is 13.9. The molecular formula is C22H40IN5O2. The maximum Gasteiger partial charge on any atom is 0.191 e. The molecule has 1 atom stereocenters. The van der Waals surface area contributed by atoms with Gasteiger partial charge in [-0.2, -0.15) is 0 Å². The zero-order chi connectivity index (χ0) is 21.2. The van der Waals surface area contributed by atoms with E-state index in [0.717, 1.165) is 62.3 Å². The van der Waals surface area contributed by atoms with E-state index in [2.05, 4.69) is 48.3 Å². The topological polar surface area (TPSA) is 61.4 Å². The molecule has 0 aliphatic carbocycles. The summed E-state index contributed by atoms with van der Waals surface area (Å²) in [6.07, 6.45) is 0. The molecule has 2 N–H and O–H groups in total. The first kappa shape index (κ1) is 26.8. The van der Waals surface area contributed by atoms with Gasteiger partial charge in [-0.15, -0.1) is 24.0 Å². The highest BCUT2D eigenvalue weighted by molar-refractivity contribution is 14.0. The van der Waals surface area contributed by atoms with Gasteiger partial charge in [-0.05, 0) is 32.0 Å². The number of halogens is 1. The van der Waals surface area contributed by atoms with Crippen LogP contribution in [0.15, 0.2) is 23.2 Å². The smallest absolute Gasteiger partial charge is 0.191 e. The Morgan fingerprint density at radius 1 is 1.10 bits per heavy atom. The molecule has 1 aliphatic heterocycles. The SMILES string of the molecule is CCNC(=NCc1ccc(OC)cc1OC)NCC(C(C)C)N1CCN(C)CC1.I. The van der Waals surface area contributed by atoms with E-state index in [1.54, 1.807) is 14.2 Å². The third kappa shape index (κ3) is 8.11. The van der Waals surface area contributed by atoms with Gasteiger partial charge in [0.25, 0.3) is 0 Å². The monoisotopic (exact) mass is 533 g/mol. The molecule has 7 nitrogen and oxygen atoms in total. The van der Waals surface area contributed by atoms with Crippen LogP contribution in [0.1, 0.15) is 26.3 Å². The van der Waals surface area contributed by atoms with E-state index < -0.39 is 0 Å². The summed E-state index contributed by atoms with van der Waals surface area (Å²) < 4.78 is 10.8. The van der Waals surface area contributed by atoms with Crippen LogP contribution in [0.25, 0.3) is 0 Å². The summed E-state index contributed by atoms with van der Waals surface area (Å²) >= 11 is 0. The van der Waals surface area contributed by atoms with E-state index in [1.165, 1.54) is 0 Å². The van der Waals surface area contributed by atoms with Crippen molar-refractivity contribution in [3.8, 4) is 11.5 Å². The third-order valence-corrected chi connectivity index (χ3v) is 5.50. The van der Waals surface area contributed by atoms with Crippen molar-refractivity contribution in [2.75, 3.05) is 60.5 Å². The molecule has 2 rings (SSSR count). The summed E-state index contributed by atoms with van der Waals surface area (Å²) in [6, 6.07) is 6.33. The normalized spacial score (nSPS) is 16.7. The summed E-state index contributed by atoms with van der Waals surface area (Å²) in [4.78, 5) is 9.79. The average Bonchev–Trinajstić information content (AvgIpc) is 2.72. The fourth-order valence-corrected chi connectivity index (χ4v) is 3.63. The molecule has 172 valence electrons. The van der Waals surface area contributed by atoms with Crippen molar-refractivity contribution in [1.82, 2.24) is 20.4 Å². The number of nitrogens with zero attached hydrogens (tertiary/aromatic N) is 3. The number of likely N-dealkylation sites (N-methyl/N-ethyl adjacent to an activating group) is 1. The predicted molar refractivity (Wildman–Crippen MR) is 135 cm³/mol. The fraction of sp³-hybridized carbons (Fsp3) is 0.682. The summed E-state index contributed by atoms with van der Waals surface area (Å²) in [5.41, 5.74) is 1.03. The molecule has 0 spiro atoms. The highest BCUT2D eigenvalue weighted by Gasteiger charge is 2.25. The lowest BCUT2D eigenvalue weighted by atomic mass is 10.0. The summed E-state index contributed by atoms with van der Waals surface area (Å²) in [7, 11) is 5.53. The van der Waals surface area contributed by atoms with Crippen molar-refractivity contribution in [2.24, 2.45) is 10.9 Å². The lowest BCUT2D eigenvalue weighted by molar-refractivity contribution is 0.0900. The molecule has 0 saturated carbocycles. The van der Waals surface area contributed by atoms with Crippen LogP contribution in [0.5, 0.6) is 11.5 Å². The Kier molecular flexibility index (Phi) is 12.4. The highest BCUT2D eigenvalue weighted by atomic mass is 127. The van der Waals surface area contributed by atoms with E-state index in [0.29, 0.717) is 18.5 Å². The van der Waals surface area contributed by atoms with Gasteiger partial charge in [0.1, 0.15) is 11.5 Å². The van der Waals surface area contributed by atoms with Gasteiger partial charge in [-0.1, -0.05) is 13.8 Å². The number of ether oxygens (including phenoxy) is 2. The number of benzene rings is 1. The first-order valence-electron chi connectivity index (χ1n) is 10.6. The minimum Gasteiger partial charge on any atom is -0.497 e. The quantitative estimate of drug-likeness (QED) is 0.289. The molecule has 1 saturated heterocycles. The first-order valence-corrected chi connectivity index (χ1v) is 10.6. The Labute approximate surface area is 199 Å². The zero-order valence-electron chi connectivity index (χ0n) is 19.4. The number of aliphatic imine (C=N–C) groups is 1. The molecule has 1 aromatic carbocycles. The fourth-order valence-electron chi connectivity index (χ4n) is 3.63. The highest BCUT2D eigenvalue weighted by Crippen LogP contribution is 2.25. The van der Waals surface area contributed by atoms with Crippen LogP contribution in [0.3, 0.4) is 0 Å². The van der Waals surface area contributed by atoms with E-state index >= 15 is 0 Å². The van der Waals surface area contributed by atoms with Gasteiger partial charge in [0.15, 0.2) is 5.96 Å². The van der Waals surface area contributed by atoms with Crippen LogP contribution >= 0.6 is 24.0 Å². The van der Waals surface area contributed by atoms with Gasteiger partial charge in [0, 0.05) is 56.9 Å². The van der Waals surface area contributed by atoms with E-state index in [4.69, 9.17) is 14.5 Å². The molecule has 30 heavy (non-hydrogen) atoms. The molecule has 0 radical (unpaired) electrons. The maximum atomic E-state index is 5.50. The summed E-state index contributed by atoms with van der Waals surface area (Å²) in [5.74, 6) is 2.99. The molecule has 0 bridgehead atoms. The van der Waals surface area contributed by atoms with Crippen molar-refractivity contribution in [1.29, 1.82) is 0 Å².